The molecular weight excluding hydrogens is 460 g/mol. The van der Waals surface area contributed by atoms with E-state index in [1.165, 1.54) is 0 Å². The molecule has 7 heteroatoms. The van der Waals surface area contributed by atoms with E-state index in [1.54, 1.807) is 13.0 Å². The molecule has 4 saturated carbocycles. The van der Waals surface area contributed by atoms with Crippen molar-refractivity contribution in [1.82, 2.24) is 0 Å². The van der Waals surface area contributed by atoms with Crippen LogP contribution in [0.3, 0.4) is 0 Å². The molecule has 0 aromatic rings. The maximum Gasteiger partial charge on any atom is 0.331 e. The second kappa shape index (κ2) is 8.77. The lowest BCUT2D eigenvalue weighted by molar-refractivity contribution is -0.270. The minimum atomic E-state index is -0.856. The van der Waals surface area contributed by atoms with Gasteiger partial charge in [-0.1, -0.05) is 13.8 Å². The number of fused-ring (bicyclic) bond motifs is 5. The average molecular weight is 505 g/mol. The number of hydrogen-bond acceptors (Lipinski definition) is 7. The first-order chi connectivity index (χ1) is 17.0. The van der Waals surface area contributed by atoms with Crippen molar-refractivity contribution in [3.63, 3.8) is 0 Å². The van der Waals surface area contributed by atoms with Crippen LogP contribution in [0.2, 0.25) is 0 Å². The highest BCUT2D eigenvalue weighted by Crippen LogP contribution is 2.70. The van der Waals surface area contributed by atoms with E-state index in [0.29, 0.717) is 30.8 Å². The number of rotatable bonds is 3. The third-order valence-electron chi connectivity index (χ3n) is 12.0. The fourth-order valence-corrected chi connectivity index (χ4v) is 9.82. The molecule has 0 aromatic heterocycles. The zero-order valence-corrected chi connectivity index (χ0v) is 22.0. The van der Waals surface area contributed by atoms with Crippen molar-refractivity contribution in [2.45, 2.75) is 121 Å². The summed E-state index contributed by atoms with van der Waals surface area (Å²) in [4.78, 5) is 11.8. The molecule has 6 aliphatic rings. The number of ether oxygens (including phenoxy) is 3. The van der Waals surface area contributed by atoms with Gasteiger partial charge in [-0.2, -0.15) is 0 Å². The molecular formula is C29H44O7. The monoisotopic (exact) mass is 504 g/mol. The normalized spacial score (nSPS) is 54.8. The highest BCUT2D eigenvalue weighted by molar-refractivity contribution is 5.85. The van der Waals surface area contributed by atoms with Gasteiger partial charge in [0, 0.05) is 17.9 Å². The summed E-state index contributed by atoms with van der Waals surface area (Å²) in [5, 5.41) is 32.5. The third kappa shape index (κ3) is 3.67. The van der Waals surface area contributed by atoms with Gasteiger partial charge in [0.2, 0.25) is 0 Å². The first kappa shape index (κ1) is 25.3. The minimum absolute atomic E-state index is 0.110. The molecule has 1 saturated heterocycles. The van der Waals surface area contributed by atoms with Gasteiger partial charge < -0.3 is 29.5 Å². The molecule has 202 valence electrons. The van der Waals surface area contributed by atoms with Crippen LogP contribution in [0.25, 0.3) is 0 Å². The van der Waals surface area contributed by atoms with E-state index in [4.69, 9.17) is 14.2 Å². The van der Waals surface area contributed by atoms with Crippen LogP contribution >= 0.6 is 0 Å². The van der Waals surface area contributed by atoms with Crippen molar-refractivity contribution < 1.29 is 34.3 Å². The largest absolute Gasteiger partial charge is 0.458 e. The second-order valence-corrected chi connectivity index (χ2v) is 13.4. The lowest BCUT2D eigenvalue weighted by Gasteiger charge is -2.63. The zero-order chi connectivity index (χ0) is 25.5. The minimum Gasteiger partial charge on any atom is -0.458 e. The summed E-state index contributed by atoms with van der Waals surface area (Å²) in [5.41, 5.74) is 0.404. The summed E-state index contributed by atoms with van der Waals surface area (Å²) in [5.74, 6) is 1.37. The van der Waals surface area contributed by atoms with Gasteiger partial charge in [-0.25, -0.2) is 4.79 Å². The quantitative estimate of drug-likeness (QED) is 0.399. The van der Waals surface area contributed by atoms with Crippen molar-refractivity contribution in [3.8, 4) is 0 Å². The van der Waals surface area contributed by atoms with Crippen LogP contribution in [0.15, 0.2) is 11.6 Å². The molecule has 3 N–H and O–H groups in total. The van der Waals surface area contributed by atoms with Crippen LogP contribution in [0.4, 0.5) is 0 Å². The van der Waals surface area contributed by atoms with Crippen LogP contribution < -0.4 is 0 Å². The fourth-order valence-electron chi connectivity index (χ4n) is 9.82. The summed E-state index contributed by atoms with van der Waals surface area (Å²) in [7, 11) is 0. The number of aliphatic hydroxyl groups is 3. The Bertz CT molecular complexity index is 907. The van der Waals surface area contributed by atoms with Gasteiger partial charge >= 0.3 is 5.97 Å². The fraction of sp³-hybridized carbons (Fsp3) is 0.897. The van der Waals surface area contributed by atoms with Crippen molar-refractivity contribution in [3.05, 3.63) is 11.6 Å². The van der Waals surface area contributed by atoms with E-state index < -0.39 is 30.2 Å². The Labute approximate surface area is 214 Å². The predicted octanol–water partition coefficient (Wildman–Crippen LogP) is 3.49. The van der Waals surface area contributed by atoms with Crippen LogP contribution in [0, 0.1) is 34.5 Å². The van der Waals surface area contributed by atoms with E-state index in [0.717, 1.165) is 63.4 Å². The molecule has 5 fully saturated rings. The first-order valence-corrected chi connectivity index (χ1v) is 14.3. The molecule has 0 amide bonds. The molecule has 0 unspecified atom stereocenters. The van der Waals surface area contributed by atoms with Crippen molar-refractivity contribution in [1.29, 1.82) is 0 Å². The van der Waals surface area contributed by atoms with Crippen molar-refractivity contribution in [2.75, 3.05) is 6.61 Å². The van der Waals surface area contributed by atoms with E-state index in [1.807, 2.05) is 0 Å². The molecule has 6 rings (SSSR count). The summed E-state index contributed by atoms with van der Waals surface area (Å²) >= 11 is 0. The van der Waals surface area contributed by atoms with Crippen LogP contribution in [0.5, 0.6) is 0 Å². The maximum absolute atomic E-state index is 12.4. The van der Waals surface area contributed by atoms with Gasteiger partial charge in [0.25, 0.3) is 0 Å². The topological polar surface area (TPSA) is 105 Å². The lowest BCUT2D eigenvalue weighted by atomic mass is 9.43. The van der Waals surface area contributed by atoms with Crippen LogP contribution in [-0.4, -0.2) is 64.2 Å². The molecule has 0 spiro atoms. The van der Waals surface area contributed by atoms with E-state index in [9.17, 15) is 20.1 Å². The molecule has 2 aliphatic heterocycles. The summed E-state index contributed by atoms with van der Waals surface area (Å²) in [6, 6.07) is 0. The van der Waals surface area contributed by atoms with Gasteiger partial charge in [0.05, 0.1) is 23.9 Å². The van der Waals surface area contributed by atoms with Crippen LogP contribution in [0.1, 0.15) is 85.0 Å². The van der Waals surface area contributed by atoms with Gasteiger partial charge in [-0.05, 0) is 99.4 Å². The highest BCUT2D eigenvalue weighted by atomic mass is 16.7. The number of hydrogen-bond donors (Lipinski definition) is 3. The molecule has 7 nitrogen and oxygen atoms in total. The van der Waals surface area contributed by atoms with E-state index in [2.05, 4.69) is 13.8 Å². The maximum atomic E-state index is 12.4. The molecule has 2 heterocycles. The Kier molecular flexibility index (Phi) is 6.16. The Hall–Kier alpha value is -0.990. The number of cyclic esters (lactones) is 1. The van der Waals surface area contributed by atoms with Crippen molar-refractivity contribution >= 4 is 5.97 Å². The van der Waals surface area contributed by atoms with Gasteiger partial charge in [0.1, 0.15) is 12.7 Å². The third-order valence-corrected chi connectivity index (χ3v) is 12.0. The number of esters is 1. The Balaban J connectivity index is 1.15. The number of aliphatic hydroxyl groups excluding tert-OH is 2. The van der Waals surface area contributed by atoms with Gasteiger partial charge in [0.15, 0.2) is 6.29 Å². The standard InChI is InChI=1S/C29H44O7/c1-16-26(32)23(30)14-25(35-16)36-19-6-9-27(2)18(13-19)4-5-22-21(27)7-10-28(3)20(8-11-29(22,28)33)17-12-24(31)34-15-17/h12,16,18-23,25-26,30,32-33H,4-11,13-15H2,1-3H3/t16-,18+,19-,20+,21-,22+,23+,25+,26-,27-,28+,29-/m0/s1. The predicted molar refractivity (Wildman–Crippen MR) is 132 cm³/mol. The first-order valence-electron chi connectivity index (χ1n) is 14.3. The number of carbonyl (C=O) groups excluding carboxylic acids is 1. The molecule has 12 atom stereocenters. The summed E-state index contributed by atoms with van der Waals surface area (Å²) < 4.78 is 17.4. The lowest BCUT2D eigenvalue weighted by Crippen LogP contribution is -2.62. The van der Waals surface area contributed by atoms with Crippen molar-refractivity contribution in [2.24, 2.45) is 34.5 Å². The summed E-state index contributed by atoms with van der Waals surface area (Å²) in [6.07, 6.45) is 8.64. The smallest absolute Gasteiger partial charge is 0.331 e. The number of carbonyl (C=O) groups is 1. The molecule has 4 aliphatic carbocycles. The molecule has 36 heavy (non-hydrogen) atoms. The van der Waals surface area contributed by atoms with Gasteiger partial charge in [-0.3, -0.25) is 0 Å². The molecule has 0 radical (unpaired) electrons. The highest BCUT2D eigenvalue weighted by Gasteiger charge is 2.67. The van der Waals surface area contributed by atoms with E-state index >= 15 is 0 Å². The zero-order valence-electron chi connectivity index (χ0n) is 22.0. The van der Waals surface area contributed by atoms with Gasteiger partial charge in [-0.15, -0.1) is 0 Å². The molecule has 0 aromatic carbocycles. The Morgan fingerprint density at radius 3 is 2.53 bits per heavy atom. The Morgan fingerprint density at radius 1 is 1.00 bits per heavy atom. The summed E-state index contributed by atoms with van der Waals surface area (Å²) in [6.45, 7) is 6.92. The average Bonchev–Trinajstić information content (AvgIpc) is 3.37. The second-order valence-electron chi connectivity index (χ2n) is 13.4. The molecule has 0 bridgehead atoms. The van der Waals surface area contributed by atoms with Crippen LogP contribution in [-0.2, 0) is 19.0 Å². The Morgan fingerprint density at radius 2 is 1.81 bits per heavy atom. The van der Waals surface area contributed by atoms with E-state index in [-0.39, 0.29) is 28.8 Å². The SMILES string of the molecule is C[C@@H]1O[C@H](O[C@H]2CC[C@@]3(C)[C@H](CC[C@@H]4[C@@H]3CC[C@]3(C)[C@@H](C5=CC(=O)OC5)CC[C@]43O)C2)C[C@@H](O)[C@H]1O.